The Hall–Kier alpha value is -3.66. The Labute approximate surface area is 194 Å². The number of hydrogen-bond acceptors (Lipinski definition) is 5. The number of imidazole rings is 1. The van der Waals surface area contributed by atoms with Gasteiger partial charge in [0.1, 0.15) is 11.6 Å². The number of nitrogens with zero attached hydrogens (tertiary/aromatic N) is 5. The number of rotatable bonds is 5. The molecule has 0 spiro atoms. The summed E-state index contributed by atoms with van der Waals surface area (Å²) in [6.45, 7) is 2.95. The average Bonchev–Trinajstić information content (AvgIpc) is 3.43. The molecule has 1 aliphatic heterocycles. The predicted octanol–water partition coefficient (Wildman–Crippen LogP) is 4.08. The van der Waals surface area contributed by atoms with Crippen LogP contribution < -0.4 is 10.1 Å². The van der Waals surface area contributed by atoms with E-state index in [4.69, 9.17) is 4.74 Å². The van der Waals surface area contributed by atoms with Crippen molar-refractivity contribution in [2.45, 2.75) is 32.1 Å². The number of aryl methyl sites for hydroxylation is 1. The number of halogens is 3. The summed E-state index contributed by atoms with van der Waals surface area (Å²) in [5, 5.41) is 7.76. The summed E-state index contributed by atoms with van der Waals surface area (Å²) in [7, 11) is 1.61. The van der Waals surface area contributed by atoms with Crippen molar-refractivity contribution < 1.29 is 17.9 Å². The van der Waals surface area contributed by atoms with Crippen LogP contribution in [0, 0.1) is 6.92 Å². The number of aromatic nitrogens is 5. The highest BCUT2D eigenvalue weighted by molar-refractivity contribution is 5.49. The Bertz CT molecular complexity index is 1330. The van der Waals surface area contributed by atoms with Crippen molar-refractivity contribution in [3.05, 3.63) is 89.0 Å². The van der Waals surface area contributed by atoms with E-state index in [1.54, 1.807) is 24.2 Å². The molecule has 0 radical (unpaired) electrons. The molecule has 3 heterocycles. The van der Waals surface area contributed by atoms with Crippen LogP contribution in [0.15, 0.2) is 55.0 Å². The van der Waals surface area contributed by atoms with Gasteiger partial charge in [-0.1, -0.05) is 24.3 Å². The molecular weight excluding hydrogens is 445 g/mol. The first-order chi connectivity index (χ1) is 16.3. The molecular formula is C24H23F3N6O. The SMILES string of the molecule is COc1cc(Cc2nc3n(n2)CCNC3c2ccccc2C(F)(F)F)ccc1-n1cnc(C)c1. The van der Waals surface area contributed by atoms with Crippen molar-refractivity contribution >= 4 is 0 Å². The van der Waals surface area contributed by atoms with Crippen molar-refractivity contribution in [1.29, 1.82) is 0 Å². The van der Waals surface area contributed by atoms with Gasteiger partial charge in [0.2, 0.25) is 0 Å². The van der Waals surface area contributed by atoms with E-state index < -0.39 is 17.8 Å². The molecule has 5 rings (SSSR count). The first kappa shape index (κ1) is 22.1. The number of benzene rings is 2. The molecule has 2 aromatic carbocycles. The van der Waals surface area contributed by atoms with Gasteiger partial charge in [-0.25, -0.2) is 14.6 Å². The van der Waals surface area contributed by atoms with Gasteiger partial charge in [-0.15, -0.1) is 0 Å². The molecule has 7 nitrogen and oxygen atoms in total. The van der Waals surface area contributed by atoms with Gasteiger partial charge in [-0.3, -0.25) is 0 Å². The van der Waals surface area contributed by atoms with Crippen molar-refractivity contribution in [2.24, 2.45) is 0 Å². The van der Waals surface area contributed by atoms with Crippen LogP contribution in [0.5, 0.6) is 5.75 Å². The smallest absolute Gasteiger partial charge is 0.416 e. The molecule has 0 fully saturated rings. The van der Waals surface area contributed by atoms with E-state index in [1.165, 1.54) is 12.1 Å². The summed E-state index contributed by atoms with van der Waals surface area (Å²) in [6.07, 6.45) is -0.388. The van der Waals surface area contributed by atoms with E-state index in [-0.39, 0.29) is 5.56 Å². The Balaban J connectivity index is 1.45. The molecule has 10 heteroatoms. The van der Waals surface area contributed by atoms with E-state index in [0.717, 1.165) is 23.0 Å². The van der Waals surface area contributed by atoms with Crippen LogP contribution in [0.1, 0.15) is 40.1 Å². The second-order valence-corrected chi connectivity index (χ2v) is 8.19. The molecule has 34 heavy (non-hydrogen) atoms. The molecule has 0 saturated carbocycles. The quantitative estimate of drug-likeness (QED) is 0.478. The predicted molar refractivity (Wildman–Crippen MR) is 119 cm³/mol. The molecule has 1 N–H and O–H groups in total. The fraction of sp³-hybridized carbons (Fsp3) is 0.292. The van der Waals surface area contributed by atoms with E-state index in [2.05, 4.69) is 20.4 Å². The van der Waals surface area contributed by atoms with Crippen LogP contribution in [0.4, 0.5) is 13.2 Å². The molecule has 1 aliphatic rings. The molecule has 176 valence electrons. The highest BCUT2D eigenvalue weighted by Gasteiger charge is 2.37. The molecule has 0 saturated heterocycles. The molecule has 0 aliphatic carbocycles. The first-order valence-electron chi connectivity index (χ1n) is 10.8. The van der Waals surface area contributed by atoms with Gasteiger partial charge in [0, 0.05) is 19.2 Å². The third-order valence-electron chi connectivity index (χ3n) is 5.85. The van der Waals surface area contributed by atoms with Crippen molar-refractivity contribution in [3.63, 3.8) is 0 Å². The van der Waals surface area contributed by atoms with Gasteiger partial charge < -0.3 is 14.6 Å². The van der Waals surface area contributed by atoms with Crippen LogP contribution in [0.25, 0.3) is 5.69 Å². The number of methoxy groups -OCH3 is 1. The number of alkyl halides is 3. The highest BCUT2D eigenvalue weighted by Crippen LogP contribution is 2.37. The molecule has 0 amide bonds. The lowest BCUT2D eigenvalue weighted by atomic mass is 9.98. The van der Waals surface area contributed by atoms with Gasteiger partial charge >= 0.3 is 6.18 Å². The lowest BCUT2D eigenvalue weighted by Crippen LogP contribution is -2.35. The maximum Gasteiger partial charge on any atom is 0.416 e. The van der Waals surface area contributed by atoms with Gasteiger partial charge in [-0.2, -0.15) is 18.3 Å². The van der Waals surface area contributed by atoms with Gasteiger partial charge in [0.25, 0.3) is 0 Å². The standard InChI is InChI=1S/C24H23F3N6O/c1-15-13-32(14-29-15)19-8-7-16(11-20(19)34-2)12-21-30-23-22(28-9-10-33(23)31-21)17-5-3-4-6-18(17)24(25,26)27/h3-8,11,13-14,22,28H,9-10,12H2,1-2H3. The lowest BCUT2D eigenvalue weighted by Gasteiger charge is -2.26. The first-order valence-corrected chi connectivity index (χ1v) is 10.8. The normalized spacial score (nSPS) is 15.9. The topological polar surface area (TPSA) is 69.8 Å². The molecule has 0 bridgehead atoms. The summed E-state index contributed by atoms with van der Waals surface area (Å²) >= 11 is 0. The average molecular weight is 468 g/mol. The number of hydrogen-bond donors (Lipinski definition) is 1. The summed E-state index contributed by atoms with van der Waals surface area (Å²) in [5.41, 5.74) is 2.17. The van der Waals surface area contributed by atoms with Crippen molar-refractivity contribution in [1.82, 2.24) is 29.6 Å². The summed E-state index contributed by atoms with van der Waals surface area (Å²) in [4.78, 5) is 8.89. The van der Waals surface area contributed by atoms with E-state index in [9.17, 15) is 13.2 Å². The van der Waals surface area contributed by atoms with Gasteiger partial charge in [0.15, 0.2) is 5.82 Å². The van der Waals surface area contributed by atoms with Gasteiger partial charge in [0.05, 0.1) is 43.0 Å². The van der Waals surface area contributed by atoms with Crippen molar-refractivity contribution in [2.75, 3.05) is 13.7 Å². The zero-order valence-corrected chi connectivity index (χ0v) is 18.7. The Morgan fingerprint density at radius 2 is 2.00 bits per heavy atom. The third kappa shape index (κ3) is 4.16. The van der Waals surface area contributed by atoms with Crippen molar-refractivity contribution in [3.8, 4) is 11.4 Å². The third-order valence-corrected chi connectivity index (χ3v) is 5.85. The van der Waals surface area contributed by atoms with Crippen LogP contribution in [0.2, 0.25) is 0 Å². The van der Waals surface area contributed by atoms with Gasteiger partial charge in [-0.05, 0) is 36.2 Å². The number of nitrogens with one attached hydrogen (secondary N) is 1. The Morgan fingerprint density at radius 1 is 1.18 bits per heavy atom. The monoisotopic (exact) mass is 468 g/mol. The Morgan fingerprint density at radius 3 is 2.74 bits per heavy atom. The maximum absolute atomic E-state index is 13.6. The zero-order valence-electron chi connectivity index (χ0n) is 18.7. The largest absolute Gasteiger partial charge is 0.495 e. The van der Waals surface area contributed by atoms with E-state index in [1.807, 2.05) is 35.9 Å². The minimum Gasteiger partial charge on any atom is -0.495 e. The summed E-state index contributed by atoms with van der Waals surface area (Å²) in [5.74, 6) is 1.70. The Kier molecular flexibility index (Phi) is 5.60. The lowest BCUT2D eigenvalue weighted by molar-refractivity contribution is -0.138. The number of fused-ring (bicyclic) bond motifs is 1. The van der Waals surface area contributed by atoms with Crippen LogP contribution in [0.3, 0.4) is 0 Å². The number of ether oxygens (including phenoxy) is 1. The van der Waals surface area contributed by atoms with E-state index in [0.29, 0.717) is 36.9 Å². The highest BCUT2D eigenvalue weighted by atomic mass is 19.4. The second-order valence-electron chi connectivity index (χ2n) is 8.19. The van der Waals surface area contributed by atoms with E-state index >= 15 is 0 Å². The minimum absolute atomic E-state index is 0.150. The molecule has 4 aromatic rings. The summed E-state index contributed by atoms with van der Waals surface area (Å²) in [6, 6.07) is 10.7. The van der Waals surface area contributed by atoms with Crippen LogP contribution in [-0.2, 0) is 19.1 Å². The second kappa shape index (κ2) is 8.60. The molecule has 1 atom stereocenters. The minimum atomic E-state index is -4.45. The maximum atomic E-state index is 13.6. The van der Waals surface area contributed by atoms with Crippen LogP contribution in [-0.4, -0.2) is 38.0 Å². The summed E-state index contributed by atoms with van der Waals surface area (Å²) < 4.78 is 50.0. The molecule has 1 unspecified atom stereocenters. The molecule has 2 aromatic heterocycles. The van der Waals surface area contributed by atoms with Crippen LogP contribution >= 0.6 is 0 Å². The fourth-order valence-electron chi connectivity index (χ4n) is 4.30. The fourth-order valence-corrected chi connectivity index (χ4v) is 4.30. The zero-order chi connectivity index (χ0) is 23.9.